The number of rotatable bonds is 4. The molecule has 2 atom stereocenters. The largest absolute Gasteiger partial charge is 0.442 e. The van der Waals surface area contributed by atoms with Crippen LogP contribution in [0.2, 0.25) is 0 Å². The number of nitrogens with one attached hydrogen (secondary N) is 1. The first kappa shape index (κ1) is 16.3. The lowest BCUT2D eigenvalue weighted by Gasteiger charge is -2.32. The number of carbonyl (C=O) groups excluding carboxylic acids is 3. The summed E-state index contributed by atoms with van der Waals surface area (Å²) in [5, 5.41) is 2.66. The van der Waals surface area contributed by atoms with Gasteiger partial charge in [-0.05, 0) is 43.5 Å². The normalized spacial score (nSPS) is 22.8. The monoisotopic (exact) mass is 331 g/mol. The van der Waals surface area contributed by atoms with Crippen molar-refractivity contribution in [2.45, 2.75) is 38.8 Å². The van der Waals surface area contributed by atoms with Gasteiger partial charge in [0.15, 0.2) is 0 Å². The quantitative estimate of drug-likeness (QED) is 0.847. The van der Waals surface area contributed by atoms with Crippen molar-refractivity contribution >= 4 is 29.8 Å². The molecule has 0 unspecified atom stereocenters. The van der Waals surface area contributed by atoms with Crippen LogP contribution in [0, 0.1) is 0 Å². The molecule has 3 rings (SSSR count). The van der Waals surface area contributed by atoms with E-state index in [-0.39, 0.29) is 18.1 Å². The van der Waals surface area contributed by atoms with Crippen molar-refractivity contribution in [3.63, 3.8) is 0 Å². The molecule has 1 fully saturated rings. The van der Waals surface area contributed by atoms with Gasteiger partial charge >= 0.3 is 6.09 Å². The number of hydrogen-bond donors (Lipinski definition) is 1. The average molecular weight is 331 g/mol. The van der Waals surface area contributed by atoms with Gasteiger partial charge in [-0.2, -0.15) is 0 Å². The first-order valence-corrected chi connectivity index (χ1v) is 8.08. The number of nitrogens with zero attached hydrogens (tertiary/aromatic N) is 2. The molecule has 0 aliphatic carbocycles. The second-order valence-corrected chi connectivity index (χ2v) is 6.27. The summed E-state index contributed by atoms with van der Waals surface area (Å²) in [6, 6.07) is 5.83. The maximum absolute atomic E-state index is 12.1. The lowest BCUT2D eigenvalue weighted by Crippen LogP contribution is -2.36. The topological polar surface area (TPSA) is 79.0 Å². The number of amides is 3. The zero-order valence-electron chi connectivity index (χ0n) is 13.8. The van der Waals surface area contributed by atoms with Crippen LogP contribution in [0.25, 0.3) is 0 Å². The summed E-state index contributed by atoms with van der Waals surface area (Å²) in [7, 11) is 0. The van der Waals surface area contributed by atoms with Crippen LogP contribution in [0.4, 0.5) is 16.2 Å². The van der Waals surface area contributed by atoms with Gasteiger partial charge < -0.3 is 15.0 Å². The number of anilines is 2. The summed E-state index contributed by atoms with van der Waals surface area (Å²) >= 11 is 0. The van der Waals surface area contributed by atoms with Crippen molar-refractivity contribution in [1.29, 1.82) is 0 Å². The predicted molar refractivity (Wildman–Crippen MR) is 89.1 cm³/mol. The maximum atomic E-state index is 12.1. The van der Waals surface area contributed by atoms with Crippen LogP contribution in [-0.2, 0) is 20.7 Å². The van der Waals surface area contributed by atoms with Gasteiger partial charge in [0.05, 0.1) is 13.1 Å². The van der Waals surface area contributed by atoms with E-state index < -0.39 is 6.09 Å². The highest BCUT2D eigenvalue weighted by atomic mass is 16.6. The molecule has 2 heterocycles. The van der Waals surface area contributed by atoms with E-state index in [1.54, 1.807) is 9.80 Å². The number of benzene rings is 1. The molecule has 1 saturated heterocycles. The molecule has 3 amide bonds. The molecule has 24 heavy (non-hydrogen) atoms. The van der Waals surface area contributed by atoms with Gasteiger partial charge in [0.25, 0.3) is 0 Å². The smallest absolute Gasteiger partial charge is 0.414 e. The standard InChI is InChI=1S/C17H21N3O4/c1-11-3-4-13-7-14(5-6-16(13)20(11)10-21)19-9-15(24-17(19)23)8-18-12(2)22/h5-7,10-11,15H,3-4,8-9H2,1-2H3,(H,18,22)/t11-,15-/m0/s1. The Kier molecular flexibility index (Phi) is 4.42. The Bertz CT molecular complexity index is 676. The number of carbonyl (C=O) groups is 3. The molecule has 7 nitrogen and oxygen atoms in total. The van der Waals surface area contributed by atoms with Gasteiger partial charge in [-0.1, -0.05) is 0 Å². The molecule has 0 spiro atoms. The summed E-state index contributed by atoms with van der Waals surface area (Å²) < 4.78 is 5.29. The second kappa shape index (κ2) is 6.51. The molecule has 1 aromatic carbocycles. The summed E-state index contributed by atoms with van der Waals surface area (Å²) in [6.45, 7) is 4.15. The van der Waals surface area contributed by atoms with Gasteiger partial charge in [-0.15, -0.1) is 0 Å². The highest BCUT2D eigenvalue weighted by Crippen LogP contribution is 2.33. The molecule has 128 valence electrons. The van der Waals surface area contributed by atoms with Crippen LogP contribution >= 0.6 is 0 Å². The van der Waals surface area contributed by atoms with Gasteiger partial charge in [-0.25, -0.2) is 4.79 Å². The van der Waals surface area contributed by atoms with Crippen LogP contribution in [0.15, 0.2) is 18.2 Å². The molecule has 2 aliphatic heterocycles. The molecular weight excluding hydrogens is 310 g/mol. The van der Waals surface area contributed by atoms with E-state index in [2.05, 4.69) is 5.32 Å². The first-order chi connectivity index (χ1) is 11.5. The second-order valence-electron chi connectivity index (χ2n) is 6.27. The number of cyclic esters (lactones) is 1. The van der Waals surface area contributed by atoms with E-state index in [9.17, 15) is 14.4 Å². The van der Waals surface area contributed by atoms with E-state index in [1.165, 1.54) is 6.92 Å². The molecule has 1 aromatic rings. The van der Waals surface area contributed by atoms with Crippen LogP contribution in [-0.4, -0.2) is 43.6 Å². The number of fused-ring (bicyclic) bond motifs is 1. The Labute approximate surface area is 140 Å². The Morgan fingerprint density at radius 1 is 1.46 bits per heavy atom. The van der Waals surface area contributed by atoms with Gasteiger partial charge in [0.1, 0.15) is 6.10 Å². The number of ether oxygens (including phenoxy) is 1. The SMILES string of the molecule is CC(=O)NC[C@H]1CN(c2ccc3c(c2)CC[C@H](C)N3C=O)C(=O)O1. The van der Waals surface area contributed by atoms with Crippen molar-refractivity contribution in [3.05, 3.63) is 23.8 Å². The summed E-state index contributed by atoms with van der Waals surface area (Å²) in [5.41, 5.74) is 2.70. The zero-order valence-corrected chi connectivity index (χ0v) is 13.8. The third-order valence-corrected chi connectivity index (χ3v) is 4.53. The minimum absolute atomic E-state index is 0.152. The van der Waals surface area contributed by atoms with Crippen LogP contribution in [0.1, 0.15) is 25.8 Å². The summed E-state index contributed by atoms with van der Waals surface area (Å²) in [6.07, 6.45) is 1.85. The van der Waals surface area contributed by atoms with Gasteiger partial charge in [0.2, 0.25) is 12.3 Å². The fourth-order valence-electron chi connectivity index (χ4n) is 3.19. The van der Waals surface area contributed by atoms with Crippen LogP contribution in [0.3, 0.4) is 0 Å². The third kappa shape index (κ3) is 3.06. The first-order valence-electron chi connectivity index (χ1n) is 8.08. The number of hydrogen-bond acceptors (Lipinski definition) is 4. The summed E-state index contributed by atoms with van der Waals surface area (Å²) in [5.74, 6) is -0.152. The van der Waals surface area contributed by atoms with Gasteiger partial charge in [-0.3, -0.25) is 14.5 Å². The number of aryl methyl sites for hydroxylation is 1. The minimum atomic E-state index is -0.415. The Morgan fingerprint density at radius 2 is 2.25 bits per heavy atom. The van der Waals surface area contributed by atoms with E-state index in [0.29, 0.717) is 13.1 Å². The predicted octanol–water partition coefficient (Wildman–Crippen LogP) is 1.45. The average Bonchev–Trinajstić information content (AvgIpc) is 2.93. The summed E-state index contributed by atoms with van der Waals surface area (Å²) in [4.78, 5) is 37.7. The van der Waals surface area contributed by atoms with Gasteiger partial charge in [0, 0.05) is 24.3 Å². The molecule has 0 radical (unpaired) electrons. The van der Waals surface area contributed by atoms with E-state index in [0.717, 1.165) is 36.2 Å². The Hall–Kier alpha value is -2.57. The molecule has 2 aliphatic rings. The molecule has 0 bridgehead atoms. The van der Waals surface area contributed by atoms with Crippen molar-refractivity contribution in [2.24, 2.45) is 0 Å². The molecular formula is C17H21N3O4. The minimum Gasteiger partial charge on any atom is -0.442 e. The fraction of sp³-hybridized carbons (Fsp3) is 0.471. The Morgan fingerprint density at radius 3 is 2.96 bits per heavy atom. The lowest BCUT2D eigenvalue weighted by molar-refractivity contribution is -0.119. The van der Waals surface area contributed by atoms with Crippen molar-refractivity contribution in [3.8, 4) is 0 Å². The van der Waals surface area contributed by atoms with Crippen LogP contribution < -0.4 is 15.1 Å². The highest BCUT2D eigenvalue weighted by molar-refractivity contribution is 5.91. The van der Waals surface area contributed by atoms with E-state index in [4.69, 9.17) is 4.74 Å². The fourth-order valence-corrected chi connectivity index (χ4v) is 3.19. The Balaban J connectivity index is 1.77. The molecule has 0 saturated carbocycles. The molecule has 0 aromatic heterocycles. The van der Waals surface area contributed by atoms with Crippen LogP contribution in [0.5, 0.6) is 0 Å². The third-order valence-electron chi connectivity index (χ3n) is 4.53. The zero-order chi connectivity index (χ0) is 17.3. The molecule has 1 N–H and O–H groups in total. The highest BCUT2D eigenvalue weighted by Gasteiger charge is 2.33. The molecule has 7 heteroatoms. The van der Waals surface area contributed by atoms with E-state index in [1.807, 2.05) is 25.1 Å². The maximum Gasteiger partial charge on any atom is 0.414 e. The van der Waals surface area contributed by atoms with Crippen molar-refractivity contribution in [1.82, 2.24) is 5.32 Å². The van der Waals surface area contributed by atoms with Crippen molar-refractivity contribution in [2.75, 3.05) is 22.9 Å². The lowest BCUT2D eigenvalue weighted by atomic mass is 9.96. The van der Waals surface area contributed by atoms with E-state index >= 15 is 0 Å². The van der Waals surface area contributed by atoms with Crippen molar-refractivity contribution < 1.29 is 19.1 Å².